The van der Waals surface area contributed by atoms with Gasteiger partial charge >= 0.3 is 0 Å². The zero-order chi connectivity index (χ0) is 14.7. The molecule has 5 heteroatoms. The van der Waals surface area contributed by atoms with Gasteiger partial charge in [-0.1, -0.05) is 0 Å². The highest BCUT2D eigenvalue weighted by atomic mass is 35.5. The van der Waals surface area contributed by atoms with Crippen molar-refractivity contribution in [1.82, 2.24) is 10.2 Å². The van der Waals surface area contributed by atoms with Gasteiger partial charge in [0.15, 0.2) is 0 Å². The molecule has 0 aliphatic carbocycles. The van der Waals surface area contributed by atoms with Crippen LogP contribution in [0.4, 0.5) is 0 Å². The van der Waals surface area contributed by atoms with Gasteiger partial charge in [0, 0.05) is 24.7 Å². The van der Waals surface area contributed by atoms with Gasteiger partial charge in [0.25, 0.3) is 0 Å². The van der Waals surface area contributed by atoms with Crippen LogP contribution in [0, 0.1) is 0 Å². The van der Waals surface area contributed by atoms with Crippen LogP contribution in [0.15, 0.2) is 24.3 Å². The van der Waals surface area contributed by atoms with E-state index in [2.05, 4.69) is 17.3 Å². The molecule has 3 rings (SSSR count). The van der Waals surface area contributed by atoms with Crippen LogP contribution in [0.3, 0.4) is 0 Å². The first-order chi connectivity index (χ1) is 10.2. The number of likely N-dealkylation sites (N-methyl/N-ethyl adjacent to an activating group) is 1. The van der Waals surface area contributed by atoms with Gasteiger partial charge in [-0.15, -0.1) is 12.4 Å². The van der Waals surface area contributed by atoms with Gasteiger partial charge in [-0.2, -0.15) is 0 Å². The maximum absolute atomic E-state index is 5.82. The highest BCUT2D eigenvalue weighted by Crippen LogP contribution is 2.29. The standard InChI is InChI=1S/C17H26N2O2.ClH/c1-19(15-11-13-3-4-14(12-15)18-13)9-10-21-17-7-5-16(20-2)6-8-17;/h5-8,13-15,18H,3-4,9-12H2,1-2H3;1H. The van der Waals surface area contributed by atoms with Crippen LogP contribution in [-0.2, 0) is 0 Å². The van der Waals surface area contributed by atoms with Gasteiger partial charge in [-0.3, -0.25) is 4.90 Å². The molecular weight excluding hydrogens is 300 g/mol. The summed E-state index contributed by atoms with van der Waals surface area (Å²) in [6, 6.07) is 10.0. The summed E-state index contributed by atoms with van der Waals surface area (Å²) < 4.78 is 11.0. The lowest BCUT2D eigenvalue weighted by atomic mass is 9.99. The van der Waals surface area contributed by atoms with Gasteiger partial charge < -0.3 is 14.8 Å². The minimum absolute atomic E-state index is 0. The highest BCUT2D eigenvalue weighted by Gasteiger charge is 2.34. The fourth-order valence-corrected chi connectivity index (χ4v) is 3.55. The molecule has 1 N–H and O–H groups in total. The molecule has 2 aliphatic heterocycles. The van der Waals surface area contributed by atoms with Gasteiger partial charge in [-0.05, 0) is 57.0 Å². The number of halogens is 1. The number of benzene rings is 1. The second kappa shape index (κ2) is 8.04. The number of piperidine rings is 1. The molecule has 1 aromatic carbocycles. The fourth-order valence-electron chi connectivity index (χ4n) is 3.55. The van der Waals surface area contributed by atoms with Gasteiger partial charge in [-0.25, -0.2) is 0 Å². The average molecular weight is 327 g/mol. The average Bonchev–Trinajstić information content (AvgIpc) is 2.86. The zero-order valence-electron chi connectivity index (χ0n) is 13.5. The highest BCUT2D eigenvalue weighted by molar-refractivity contribution is 5.85. The first kappa shape index (κ1) is 17.4. The summed E-state index contributed by atoms with van der Waals surface area (Å²) in [5.41, 5.74) is 0. The summed E-state index contributed by atoms with van der Waals surface area (Å²) in [7, 11) is 3.91. The molecule has 2 aliphatic rings. The summed E-state index contributed by atoms with van der Waals surface area (Å²) in [6.45, 7) is 1.72. The normalized spacial score (nSPS) is 26.6. The molecule has 22 heavy (non-hydrogen) atoms. The lowest BCUT2D eigenvalue weighted by Crippen LogP contribution is -2.47. The van der Waals surface area contributed by atoms with E-state index in [9.17, 15) is 0 Å². The number of ether oxygens (including phenoxy) is 2. The predicted octanol–water partition coefficient (Wildman–Crippen LogP) is 2.71. The van der Waals surface area contributed by atoms with Crippen LogP contribution in [0.25, 0.3) is 0 Å². The lowest BCUT2D eigenvalue weighted by Gasteiger charge is -2.35. The van der Waals surface area contributed by atoms with Crippen molar-refractivity contribution in [3.8, 4) is 11.5 Å². The SMILES string of the molecule is COc1ccc(OCCN(C)C2CC3CCC(C2)N3)cc1.Cl. The molecule has 0 spiro atoms. The maximum atomic E-state index is 5.82. The van der Waals surface area contributed by atoms with Crippen LogP contribution in [0.5, 0.6) is 11.5 Å². The monoisotopic (exact) mass is 326 g/mol. The fraction of sp³-hybridized carbons (Fsp3) is 0.647. The van der Waals surface area contributed by atoms with Gasteiger partial charge in [0.1, 0.15) is 18.1 Å². The molecule has 2 saturated heterocycles. The van der Waals surface area contributed by atoms with E-state index in [0.717, 1.165) is 36.7 Å². The predicted molar refractivity (Wildman–Crippen MR) is 91.3 cm³/mol. The molecular formula is C17H27ClN2O2. The number of methoxy groups -OCH3 is 1. The van der Waals surface area contributed by atoms with Crippen molar-refractivity contribution in [3.05, 3.63) is 24.3 Å². The summed E-state index contributed by atoms with van der Waals surface area (Å²) in [4.78, 5) is 2.47. The van der Waals surface area contributed by atoms with E-state index >= 15 is 0 Å². The molecule has 0 amide bonds. The van der Waals surface area contributed by atoms with E-state index in [1.807, 2.05) is 24.3 Å². The molecule has 0 radical (unpaired) electrons. The van der Waals surface area contributed by atoms with Crippen molar-refractivity contribution in [3.63, 3.8) is 0 Å². The van der Waals surface area contributed by atoms with Crippen LogP contribution < -0.4 is 14.8 Å². The van der Waals surface area contributed by atoms with E-state index < -0.39 is 0 Å². The zero-order valence-corrected chi connectivity index (χ0v) is 14.3. The second-order valence-corrected chi connectivity index (χ2v) is 6.27. The number of fused-ring (bicyclic) bond motifs is 2. The Morgan fingerprint density at radius 3 is 2.27 bits per heavy atom. The Hall–Kier alpha value is -0.970. The van der Waals surface area contributed by atoms with Crippen LogP contribution >= 0.6 is 12.4 Å². The van der Waals surface area contributed by atoms with Crippen LogP contribution in [0.2, 0.25) is 0 Å². The molecule has 2 bridgehead atoms. The van der Waals surface area contributed by atoms with E-state index in [-0.39, 0.29) is 12.4 Å². The number of hydrogen-bond donors (Lipinski definition) is 1. The Labute approximate surface area is 139 Å². The number of nitrogens with one attached hydrogen (secondary N) is 1. The molecule has 0 saturated carbocycles. The largest absolute Gasteiger partial charge is 0.497 e. The second-order valence-electron chi connectivity index (χ2n) is 6.27. The quantitative estimate of drug-likeness (QED) is 0.871. The topological polar surface area (TPSA) is 33.7 Å². The summed E-state index contributed by atoms with van der Waals surface area (Å²) in [5.74, 6) is 1.78. The minimum atomic E-state index is 0. The minimum Gasteiger partial charge on any atom is -0.497 e. The summed E-state index contributed by atoms with van der Waals surface area (Å²) in [6.07, 6.45) is 5.29. The van der Waals surface area contributed by atoms with E-state index in [1.54, 1.807) is 7.11 Å². The van der Waals surface area contributed by atoms with Crippen molar-refractivity contribution in [2.24, 2.45) is 0 Å². The molecule has 2 heterocycles. The molecule has 2 unspecified atom stereocenters. The Morgan fingerprint density at radius 2 is 1.68 bits per heavy atom. The smallest absolute Gasteiger partial charge is 0.119 e. The Morgan fingerprint density at radius 1 is 1.09 bits per heavy atom. The Kier molecular flexibility index (Phi) is 6.36. The van der Waals surface area contributed by atoms with Crippen molar-refractivity contribution in [1.29, 1.82) is 0 Å². The number of nitrogens with zero attached hydrogens (tertiary/aromatic N) is 1. The molecule has 1 aromatic rings. The third-order valence-electron chi connectivity index (χ3n) is 4.84. The first-order valence-corrected chi connectivity index (χ1v) is 7.98. The summed E-state index contributed by atoms with van der Waals surface area (Å²) >= 11 is 0. The van der Waals surface area contributed by atoms with Gasteiger partial charge in [0.2, 0.25) is 0 Å². The van der Waals surface area contributed by atoms with Crippen molar-refractivity contribution < 1.29 is 9.47 Å². The third-order valence-corrected chi connectivity index (χ3v) is 4.84. The molecule has 0 aromatic heterocycles. The van der Waals surface area contributed by atoms with E-state index in [1.165, 1.54) is 25.7 Å². The molecule has 124 valence electrons. The van der Waals surface area contributed by atoms with Gasteiger partial charge in [0.05, 0.1) is 7.11 Å². The van der Waals surface area contributed by atoms with Crippen LogP contribution in [-0.4, -0.2) is 50.3 Å². The molecule has 2 atom stereocenters. The molecule has 2 fully saturated rings. The number of hydrogen-bond acceptors (Lipinski definition) is 4. The van der Waals surface area contributed by atoms with E-state index in [4.69, 9.17) is 9.47 Å². The van der Waals surface area contributed by atoms with Crippen molar-refractivity contribution >= 4 is 12.4 Å². The molecule has 4 nitrogen and oxygen atoms in total. The third kappa shape index (κ3) is 4.28. The van der Waals surface area contributed by atoms with Crippen molar-refractivity contribution in [2.75, 3.05) is 27.3 Å². The first-order valence-electron chi connectivity index (χ1n) is 7.98. The Balaban J connectivity index is 0.00000176. The van der Waals surface area contributed by atoms with E-state index in [0.29, 0.717) is 6.04 Å². The van der Waals surface area contributed by atoms with Crippen molar-refractivity contribution in [2.45, 2.75) is 43.8 Å². The number of rotatable bonds is 6. The maximum Gasteiger partial charge on any atom is 0.119 e. The Bertz CT molecular complexity index is 442. The lowest BCUT2D eigenvalue weighted by molar-refractivity contribution is 0.147. The van der Waals surface area contributed by atoms with Crippen LogP contribution in [0.1, 0.15) is 25.7 Å². The summed E-state index contributed by atoms with van der Waals surface area (Å²) in [5, 5.41) is 3.70.